The quantitative estimate of drug-likeness (QED) is 0.804. The highest BCUT2D eigenvalue weighted by Gasteiger charge is 2.27. The van der Waals surface area contributed by atoms with Crippen molar-refractivity contribution >= 4 is 27.5 Å². The minimum Gasteiger partial charge on any atom is -0.383 e. The molecule has 1 amide bonds. The lowest BCUT2D eigenvalue weighted by Crippen LogP contribution is -2.40. The number of amides is 1. The van der Waals surface area contributed by atoms with E-state index in [0.29, 0.717) is 19.8 Å². The van der Waals surface area contributed by atoms with Crippen LogP contribution in [0.3, 0.4) is 0 Å². The van der Waals surface area contributed by atoms with E-state index in [0.717, 1.165) is 0 Å². The van der Waals surface area contributed by atoms with Crippen molar-refractivity contribution in [3.63, 3.8) is 0 Å². The van der Waals surface area contributed by atoms with E-state index in [1.54, 1.807) is 6.92 Å². The second kappa shape index (κ2) is 8.26. The van der Waals surface area contributed by atoms with E-state index < -0.39 is 15.9 Å². The highest BCUT2D eigenvalue weighted by molar-refractivity contribution is 7.89. The summed E-state index contributed by atoms with van der Waals surface area (Å²) in [6.07, 6.45) is 0. The van der Waals surface area contributed by atoms with Gasteiger partial charge in [-0.2, -0.15) is 4.31 Å². The second-order valence-corrected chi connectivity index (χ2v) is 7.83. The minimum atomic E-state index is -3.68. The molecule has 1 aromatic carbocycles. The fourth-order valence-corrected chi connectivity index (χ4v) is 4.01. The van der Waals surface area contributed by atoms with Crippen molar-refractivity contribution in [2.24, 2.45) is 0 Å². The number of rotatable bonds is 6. The molecule has 7 nitrogen and oxygen atoms in total. The SMILES string of the molecule is COC[C@H](C)NC(=O)c1cc(S(=O)(=O)N2CCOCC2)ccc1Cl. The number of ether oxygens (including phenoxy) is 2. The maximum Gasteiger partial charge on any atom is 0.253 e. The number of sulfonamides is 1. The molecular formula is C15H21ClN2O5S. The molecule has 0 unspecified atom stereocenters. The zero-order valence-corrected chi connectivity index (χ0v) is 15.2. The first-order chi connectivity index (χ1) is 11.4. The van der Waals surface area contributed by atoms with Gasteiger partial charge in [-0.15, -0.1) is 0 Å². The minimum absolute atomic E-state index is 0.0401. The summed E-state index contributed by atoms with van der Waals surface area (Å²) in [4.78, 5) is 12.4. The highest BCUT2D eigenvalue weighted by Crippen LogP contribution is 2.23. The lowest BCUT2D eigenvalue weighted by Gasteiger charge is -2.26. The molecule has 2 rings (SSSR count). The van der Waals surface area contributed by atoms with Crippen molar-refractivity contribution in [2.45, 2.75) is 17.9 Å². The summed E-state index contributed by atoms with van der Waals surface area (Å²) in [7, 11) is -2.15. The van der Waals surface area contributed by atoms with Gasteiger partial charge in [0.2, 0.25) is 10.0 Å². The number of carbonyl (C=O) groups excluding carboxylic acids is 1. The third-order valence-electron chi connectivity index (χ3n) is 3.58. The van der Waals surface area contributed by atoms with Crippen LogP contribution in [0.15, 0.2) is 23.1 Å². The number of nitrogens with one attached hydrogen (secondary N) is 1. The van der Waals surface area contributed by atoms with Crippen LogP contribution in [-0.2, 0) is 19.5 Å². The fourth-order valence-electron chi connectivity index (χ4n) is 2.37. The second-order valence-electron chi connectivity index (χ2n) is 5.49. The van der Waals surface area contributed by atoms with Crippen molar-refractivity contribution in [1.82, 2.24) is 9.62 Å². The van der Waals surface area contributed by atoms with Crippen molar-refractivity contribution in [2.75, 3.05) is 40.0 Å². The van der Waals surface area contributed by atoms with Crippen LogP contribution in [0.1, 0.15) is 17.3 Å². The number of halogens is 1. The Morgan fingerprint density at radius 3 is 2.71 bits per heavy atom. The maximum absolute atomic E-state index is 12.7. The summed E-state index contributed by atoms with van der Waals surface area (Å²) in [5, 5.41) is 2.91. The first-order valence-electron chi connectivity index (χ1n) is 7.53. The molecule has 0 bridgehead atoms. The van der Waals surface area contributed by atoms with Crippen molar-refractivity contribution in [3.05, 3.63) is 28.8 Å². The van der Waals surface area contributed by atoms with Gasteiger partial charge < -0.3 is 14.8 Å². The Balaban J connectivity index is 2.26. The smallest absolute Gasteiger partial charge is 0.253 e. The normalized spacial score (nSPS) is 17.5. The van der Waals surface area contributed by atoms with Gasteiger partial charge in [-0.25, -0.2) is 8.42 Å². The monoisotopic (exact) mass is 376 g/mol. The number of carbonyl (C=O) groups is 1. The maximum atomic E-state index is 12.7. The van der Waals surface area contributed by atoms with Crippen LogP contribution >= 0.6 is 11.6 Å². The summed E-state index contributed by atoms with van der Waals surface area (Å²) in [6, 6.07) is 3.91. The molecule has 1 heterocycles. The van der Waals surface area contributed by atoms with E-state index in [9.17, 15) is 13.2 Å². The topological polar surface area (TPSA) is 84.9 Å². The van der Waals surface area contributed by atoms with Gasteiger partial charge in [0, 0.05) is 26.2 Å². The Hall–Kier alpha value is -1.19. The van der Waals surface area contributed by atoms with E-state index in [1.807, 2.05) is 0 Å². The number of nitrogens with zero attached hydrogens (tertiary/aromatic N) is 1. The van der Waals surface area contributed by atoms with Crippen LogP contribution in [0.2, 0.25) is 5.02 Å². The molecule has 1 fully saturated rings. The van der Waals surface area contributed by atoms with Gasteiger partial charge in [-0.3, -0.25) is 4.79 Å². The fraction of sp³-hybridized carbons (Fsp3) is 0.533. The van der Waals surface area contributed by atoms with Crippen LogP contribution < -0.4 is 5.32 Å². The van der Waals surface area contributed by atoms with E-state index in [-0.39, 0.29) is 34.6 Å². The van der Waals surface area contributed by atoms with Gasteiger partial charge in [-0.05, 0) is 25.1 Å². The zero-order valence-electron chi connectivity index (χ0n) is 13.6. The summed E-state index contributed by atoms with van der Waals surface area (Å²) in [6.45, 7) is 3.41. The van der Waals surface area contributed by atoms with E-state index in [2.05, 4.69) is 5.32 Å². The molecular weight excluding hydrogens is 356 g/mol. The third kappa shape index (κ3) is 4.46. The Kier molecular flexibility index (Phi) is 6.59. The molecule has 1 aliphatic heterocycles. The summed E-state index contributed by atoms with van der Waals surface area (Å²) < 4.78 is 36.8. The van der Waals surface area contributed by atoms with Crippen molar-refractivity contribution < 1.29 is 22.7 Å². The Bertz CT molecular complexity index is 689. The molecule has 1 atom stereocenters. The standard InChI is InChI=1S/C15H21ClN2O5S/c1-11(10-22-2)17-15(19)13-9-12(3-4-14(13)16)24(20,21)18-5-7-23-8-6-18/h3-4,9,11H,5-8,10H2,1-2H3,(H,17,19)/t11-/m0/s1. The summed E-state index contributed by atoms with van der Waals surface area (Å²) in [5.41, 5.74) is 0.119. The van der Waals surface area contributed by atoms with E-state index >= 15 is 0 Å². The molecule has 0 aliphatic carbocycles. The predicted octanol–water partition coefficient (Wildman–Crippen LogP) is 1.13. The summed E-state index contributed by atoms with van der Waals surface area (Å²) in [5.74, 6) is -0.441. The largest absolute Gasteiger partial charge is 0.383 e. The van der Waals surface area contributed by atoms with Gasteiger partial charge in [0.1, 0.15) is 0 Å². The number of hydrogen-bond acceptors (Lipinski definition) is 5. The molecule has 0 spiro atoms. The van der Waals surface area contributed by atoms with Gasteiger partial charge in [0.05, 0.1) is 35.3 Å². The van der Waals surface area contributed by atoms with Gasteiger partial charge in [0.25, 0.3) is 5.91 Å². The molecule has 24 heavy (non-hydrogen) atoms. The molecule has 1 N–H and O–H groups in total. The number of morpholine rings is 1. The number of hydrogen-bond donors (Lipinski definition) is 1. The molecule has 9 heteroatoms. The molecule has 134 valence electrons. The third-order valence-corrected chi connectivity index (χ3v) is 5.81. The zero-order chi connectivity index (χ0) is 17.7. The van der Waals surface area contributed by atoms with E-state index in [4.69, 9.17) is 21.1 Å². The highest BCUT2D eigenvalue weighted by atomic mass is 35.5. The van der Waals surface area contributed by atoms with Crippen LogP contribution in [-0.4, -0.2) is 64.7 Å². The molecule has 0 aromatic heterocycles. The average Bonchev–Trinajstić information content (AvgIpc) is 2.56. The van der Waals surface area contributed by atoms with Crippen LogP contribution in [0, 0.1) is 0 Å². The predicted molar refractivity (Wildman–Crippen MR) is 89.8 cm³/mol. The van der Waals surface area contributed by atoms with Crippen LogP contribution in [0.25, 0.3) is 0 Å². The molecule has 1 aliphatic rings. The van der Waals surface area contributed by atoms with Crippen molar-refractivity contribution in [3.8, 4) is 0 Å². The van der Waals surface area contributed by atoms with Gasteiger partial charge >= 0.3 is 0 Å². The Labute approximate surface area is 146 Å². The Morgan fingerprint density at radius 1 is 1.42 bits per heavy atom. The van der Waals surface area contributed by atoms with Crippen LogP contribution in [0.5, 0.6) is 0 Å². The number of methoxy groups -OCH3 is 1. The van der Waals surface area contributed by atoms with Crippen LogP contribution in [0.4, 0.5) is 0 Å². The summed E-state index contributed by atoms with van der Waals surface area (Å²) >= 11 is 6.07. The number of benzene rings is 1. The van der Waals surface area contributed by atoms with Gasteiger partial charge in [-0.1, -0.05) is 11.6 Å². The molecule has 0 radical (unpaired) electrons. The first kappa shape index (κ1) is 19.1. The molecule has 1 saturated heterocycles. The first-order valence-corrected chi connectivity index (χ1v) is 9.35. The van der Waals surface area contributed by atoms with Crippen molar-refractivity contribution in [1.29, 1.82) is 0 Å². The molecule has 1 aromatic rings. The Morgan fingerprint density at radius 2 is 2.08 bits per heavy atom. The van der Waals surface area contributed by atoms with Gasteiger partial charge in [0.15, 0.2) is 0 Å². The van der Waals surface area contributed by atoms with E-state index in [1.165, 1.54) is 29.6 Å². The lowest BCUT2D eigenvalue weighted by atomic mass is 10.2. The average molecular weight is 377 g/mol. The molecule has 0 saturated carbocycles. The lowest BCUT2D eigenvalue weighted by molar-refractivity contribution is 0.0730.